The lowest BCUT2D eigenvalue weighted by Gasteiger charge is -2.44. The minimum Gasteiger partial charge on any atom is -0.385 e. The number of rotatable bonds is 6. The molecule has 0 aromatic rings. The second kappa shape index (κ2) is 6.99. The molecule has 1 saturated heterocycles. The normalized spacial score (nSPS) is 30.3. The molecular formula is C14H28N2O3. The van der Waals surface area contributed by atoms with Gasteiger partial charge in [0.05, 0.1) is 13.2 Å². The largest absolute Gasteiger partial charge is 0.385 e. The summed E-state index contributed by atoms with van der Waals surface area (Å²) in [5.74, 6) is -0.312. The molecule has 1 N–H and O–H groups in total. The summed E-state index contributed by atoms with van der Waals surface area (Å²) in [5, 5.41) is 3.45. The van der Waals surface area contributed by atoms with Crippen molar-refractivity contribution in [3.05, 3.63) is 0 Å². The van der Waals surface area contributed by atoms with Gasteiger partial charge in [-0.2, -0.15) is 0 Å². The van der Waals surface area contributed by atoms with Gasteiger partial charge < -0.3 is 24.4 Å². The van der Waals surface area contributed by atoms with Gasteiger partial charge in [0, 0.05) is 45.2 Å². The van der Waals surface area contributed by atoms with E-state index in [4.69, 9.17) is 14.2 Å². The van der Waals surface area contributed by atoms with E-state index in [1.54, 1.807) is 7.11 Å². The highest BCUT2D eigenvalue weighted by Gasteiger charge is 2.45. The summed E-state index contributed by atoms with van der Waals surface area (Å²) >= 11 is 0. The summed E-state index contributed by atoms with van der Waals surface area (Å²) in [6.45, 7) is 3.35. The van der Waals surface area contributed by atoms with Gasteiger partial charge in [0.1, 0.15) is 0 Å². The molecule has 5 heteroatoms. The van der Waals surface area contributed by atoms with Crippen LogP contribution in [0, 0.1) is 0 Å². The second-order valence-corrected chi connectivity index (χ2v) is 5.64. The van der Waals surface area contributed by atoms with Crippen molar-refractivity contribution in [2.75, 3.05) is 47.6 Å². The van der Waals surface area contributed by atoms with Crippen LogP contribution in [0.5, 0.6) is 0 Å². The Bertz CT molecular complexity index is 269. The molecule has 2 unspecified atom stereocenters. The molecule has 5 nitrogen and oxygen atoms in total. The van der Waals surface area contributed by atoms with Crippen LogP contribution in [0.4, 0.5) is 0 Å². The maximum atomic E-state index is 5.88. The Morgan fingerprint density at radius 1 is 1.37 bits per heavy atom. The molecule has 1 saturated carbocycles. The summed E-state index contributed by atoms with van der Waals surface area (Å²) in [5.41, 5.74) is 0. The number of methoxy groups -OCH3 is 1. The van der Waals surface area contributed by atoms with Crippen molar-refractivity contribution in [2.45, 2.75) is 43.6 Å². The molecule has 2 atom stereocenters. The first-order chi connectivity index (χ1) is 9.21. The van der Waals surface area contributed by atoms with E-state index in [0.717, 1.165) is 52.0 Å². The van der Waals surface area contributed by atoms with Crippen molar-refractivity contribution >= 4 is 0 Å². The second-order valence-electron chi connectivity index (χ2n) is 5.64. The summed E-state index contributed by atoms with van der Waals surface area (Å²) < 4.78 is 16.9. The number of nitrogens with zero attached hydrogens (tertiary/aromatic N) is 1. The fraction of sp³-hybridized carbons (Fsp3) is 1.00. The molecule has 2 fully saturated rings. The number of likely N-dealkylation sites (N-methyl/N-ethyl adjacent to an activating group) is 2. The third kappa shape index (κ3) is 3.67. The van der Waals surface area contributed by atoms with Crippen LogP contribution < -0.4 is 5.32 Å². The average molecular weight is 272 g/mol. The topological polar surface area (TPSA) is 43.0 Å². The van der Waals surface area contributed by atoms with Gasteiger partial charge in [-0.25, -0.2) is 0 Å². The van der Waals surface area contributed by atoms with Crippen molar-refractivity contribution < 1.29 is 14.2 Å². The Kier molecular flexibility index (Phi) is 5.59. The number of nitrogens with one attached hydrogen (secondary N) is 1. The first-order valence-electron chi connectivity index (χ1n) is 7.35. The Morgan fingerprint density at radius 3 is 2.74 bits per heavy atom. The van der Waals surface area contributed by atoms with Crippen LogP contribution in [0.25, 0.3) is 0 Å². The minimum atomic E-state index is -0.312. The lowest BCUT2D eigenvalue weighted by molar-refractivity contribution is -0.192. The summed E-state index contributed by atoms with van der Waals surface area (Å²) in [6.07, 6.45) is 4.13. The monoisotopic (exact) mass is 272 g/mol. The lowest BCUT2D eigenvalue weighted by atomic mass is 9.84. The Labute approximate surface area is 116 Å². The molecule has 1 spiro atoms. The molecule has 0 aromatic heterocycles. The summed E-state index contributed by atoms with van der Waals surface area (Å²) in [6, 6.07) is 0.986. The van der Waals surface area contributed by atoms with Gasteiger partial charge in [-0.15, -0.1) is 0 Å². The third-order valence-electron chi connectivity index (χ3n) is 4.43. The minimum absolute atomic E-state index is 0.312. The molecule has 2 rings (SSSR count). The van der Waals surface area contributed by atoms with E-state index >= 15 is 0 Å². The van der Waals surface area contributed by atoms with Crippen LogP contribution in [-0.4, -0.2) is 70.3 Å². The molecule has 2 aliphatic rings. The maximum Gasteiger partial charge on any atom is 0.170 e. The molecule has 1 aliphatic heterocycles. The van der Waals surface area contributed by atoms with Crippen LogP contribution in [0.3, 0.4) is 0 Å². The zero-order chi connectivity index (χ0) is 13.7. The van der Waals surface area contributed by atoms with Crippen molar-refractivity contribution in [3.8, 4) is 0 Å². The van der Waals surface area contributed by atoms with E-state index < -0.39 is 0 Å². The highest BCUT2D eigenvalue weighted by molar-refractivity contribution is 4.95. The fourth-order valence-corrected chi connectivity index (χ4v) is 3.31. The van der Waals surface area contributed by atoms with Crippen molar-refractivity contribution in [1.29, 1.82) is 0 Å². The van der Waals surface area contributed by atoms with Gasteiger partial charge >= 0.3 is 0 Å². The molecule has 0 bridgehead atoms. The SMILES string of the molecule is CNC1CCC2(CC1N(C)CCCOC)OCCO2. The zero-order valence-corrected chi connectivity index (χ0v) is 12.5. The molecule has 0 aromatic carbocycles. The first-order valence-corrected chi connectivity index (χ1v) is 7.35. The first kappa shape index (κ1) is 15.2. The number of hydrogen-bond acceptors (Lipinski definition) is 5. The predicted octanol–water partition coefficient (Wildman–Crippen LogP) is 0.838. The van der Waals surface area contributed by atoms with Crippen molar-refractivity contribution in [3.63, 3.8) is 0 Å². The lowest BCUT2D eigenvalue weighted by Crippen LogP contribution is -2.56. The molecular weight excluding hydrogens is 244 g/mol. The van der Waals surface area contributed by atoms with Gasteiger partial charge in [-0.3, -0.25) is 0 Å². The van der Waals surface area contributed by atoms with Crippen LogP contribution in [0.2, 0.25) is 0 Å². The average Bonchev–Trinajstić information content (AvgIpc) is 2.87. The number of ether oxygens (including phenoxy) is 3. The Morgan fingerprint density at radius 2 is 2.11 bits per heavy atom. The smallest absolute Gasteiger partial charge is 0.170 e. The summed E-state index contributed by atoms with van der Waals surface area (Å²) in [7, 11) is 6.00. The van der Waals surface area contributed by atoms with Crippen molar-refractivity contribution in [2.24, 2.45) is 0 Å². The fourth-order valence-electron chi connectivity index (χ4n) is 3.31. The van der Waals surface area contributed by atoms with E-state index in [1.165, 1.54) is 0 Å². The van der Waals surface area contributed by atoms with E-state index in [9.17, 15) is 0 Å². The molecule has 0 radical (unpaired) electrons. The molecule has 112 valence electrons. The standard InChI is InChI=1S/C14H28N2O3/c1-15-12-5-6-14(18-9-10-19-14)11-13(12)16(2)7-4-8-17-3/h12-13,15H,4-11H2,1-3H3. The molecule has 1 heterocycles. The van der Waals surface area contributed by atoms with Gasteiger partial charge in [0.2, 0.25) is 0 Å². The van der Waals surface area contributed by atoms with Crippen LogP contribution >= 0.6 is 0 Å². The van der Waals surface area contributed by atoms with Crippen LogP contribution in [-0.2, 0) is 14.2 Å². The van der Waals surface area contributed by atoms with Crippen LogP contribution in [0.1, 0.15) is 25.7 Å². The van der Waals surface area contributed by atoms with E-state index in [2.05, 4.69) is 24.3 Å². The predicted molar refractivity (Wildman–Crippen MR) is 74.2 cm³/mol. The van der Waals surface area contributed by atoms with Gasteiger partial charge in [-0.1, -0.05) is 0 Å². The van der Waals surface area contributed by atoms with E-state index in [1.807, 2.05) is 0 Å². The number of hydrogen-bond donors (Lipinski definition) is 1. The third-order valence-corrected chi connectivity index (χ3v) is 4.43. The Hall–Kier alpha value is -0.200. The van der Waals surface area contributed by atoms with Crippen molar-refractivity contribution in [1.82, 2.24) is 10.2 Å². The molecule has 1 aliphatic carbocycles. The Balaban J connectivity index is 1.93. The van der Waals surface area contributed by atoms with E-state index in [0.29, 0.717) is 12.1 Å². The zero-order valence-electron chi connectivity index (χ0n) is 12.5. The highest BCUT2D eigenvalue weighted by Crippen LogP contribution is 2.37. The van der Waals surface area contributed by atoms with Gasteiger partial charge in [-0.05, 0) is 26.9 Å². The van der Waals surface area contributed by atoms with Gasteiger partial charge in [0.25, 0.3) is 0 Å². The maximum absolute atomic E-state index is 5.88. The van der Waals surface area contributed by atoms with Gasteiger partial charge in [0.15, 0.2) is 5.79 Å². The van der Waals surface area contributed by atoms with E-state index in [-0.39, 0.29) is 5.79 Å². The molecule has 19 heavy (non-hydrogen) atoms. The molecule has 0 amide bonds. The van der Waals surface area contributed by atoms with Crippen LogP contribution in [0.15, 0.2) is 0 Å². The highest BCUT2D eigenvalue weighted by atomic mass is 16.7. The quantitative estimate of drug-likeness (QED) is 0.726. The summed E-state index contributed by atoms with van der Waals surface area (Å²) in [4.78, 5) is 2.42.